The second kappa shape index (κ2) is 4.59. The van der Waals surface area contributed by atoms with Gasteiger partial charge in [-0.15, -0.1) is 0 Å². The zero-order chi connectivity index (χ0) is 13.5. The molecule has 2 aromatic rings. The van der Waals surface area contributed by atoms with Crippen molar-refractivity contribution in [2.45, 2.75) is 23.8 Å². The van der Waals surface area contributed by atoms with Crippen molar-refractivity contribution in [3.05, 3.63) is 24.5 Å². The Bertz CT molecular complexity index is 695. The molecule has 6 nitrogen and oxygen atoms in total. The second-order valence-corrected chi connectivity index (χ2v) is 6.51. The van der Waals surface area contributed by atoms with Gasteiger partial charge in [0.05, 0.1) is 6.61 Å². The molecule has 2 aromatic heterocycles. The highest BCUT2D eigenvalue weighted by molar-refractivity contribution is 7.89. The lowest BCUT2D eigenvalue weighted by Crippen LogP contribution is -2.37. The molecule has 0 aromatic carbocycles. The van der Waals surface area contributed by atoms with Crippen LogP contribution in [0.1, 0.15) is 12.8 Å². The van der Waals surface area contributed by atoms with Crippen molar-refractivity contribution in [1.29, 1.82) is 0 Å². The molecule has 0 bridgehead atoms. The van der Waals surface area contributed by atoms with Crippen LogP contribution in [0.25, 0.3) is 11.0 Å². The predicted octanol–water partition coefficient (Wildman–Crippen LogP) is 0.708. The SMILES string of the molecule is O=S(=O)(c1c[nH]c2ncccc12)N1CCC[C@H]1CO. The van der Waals surface area contributed by atoms with Crippen LogP contribution in [0, 0.1) is 0 Å². The molecule has 1 fully saturated rings. The van der Waals surface area contributed by atoms with E-state index >= 15 is 0 Å². The van der Waals surface area contributed by atoms with E-state index in [2.05, 4.69) is 9.97 Å². The van der Waals surface area contributed by atoms with Crippen LogP contribution in [0.3, 0.4) is 0 Å². The minimum Gasteiger partial charge on any atom is -0.395 e. The van der Waals surface area contributed by atoms with E-state index in [1.165, 1.54) is 10.5 Å². The molecule has 7 heteroatoms. The van der Waals surface area contributed by atoms with Crippen molar-refractivity contribution < 1.29 is 13.5 Å². The van der Waals surface area contributed by atoms with Crippen LogP contribution in [-0.2, 0) is 10.0 Å². The van der Waals surface area contributed by atoms with E-state index < -0.39 is 10.0 Å². The third kappa shape index (κ3) is 1.94. The third-order valence-electron chi connectivity index (χ3n) is 3.53. The maximum atomic E-state index is 12.6. The number of aliphatic hydroxyl groups excluding tert-OH is 1. The molecule has 0 aliphatic carbocycles. The van der Waals surface area contributed by atoms with Crippen LogP contribution in [0.5, 0.6) is 0 Å². The van der Waals surface area contributed by atoms with Crippen molar-refractivity contribution in [3.63, 3.8) is 0 Å². The van der Waals surface area contributed by atoms with Gasteiger partial charge in [0.1, 0.15) is 10.5 Å². The Hall–Kier alpha value is -1.44. The Balaban J connectivity index is 2.09. The summed E-state index contributed by atoms with van der Waals surface area (Å²) in [6.07, 6.45) is 4.57. The van der Waals surface area contributed by atoms with E-state index in [1.807, 2.05) is 0 Å². The normalized spacial score (nSPS) is 21.2. The van der Waals surface area contributed by atoms with Gasteiger partial charge in [0.25, 0.3) is 0 Å². The number of nitrogens with one attached hydrogen (secondary N) is 1. The molecule has 1 aliphatic heterocycles. The summed E-state index contributed by atoms with van der Waals surface area (Å²) in [5.41, 5.74) is 0.556. The maximum absolute atomic E-state index is 12.6. The number of sulfonamides is 1. The van der Waals surface area contributed by atoms with Crippen LogP contribution < -0.4 is 0 Å². The Morgan fingerprint density at radius 2 is 2.37 bits per heavy atom. The molecule has 3 heterocycles. The summed E-state index contributed by atoms with van der Waals surface area (Å²) in [5.74, 6) is 0. The summed E-state index contributed by atoms with van der Waals surface area (Å²) in [5, 5.41) is 9.87. The molecule has 1 saturated heterocycles. The van der Waals surface area contributed by atoms with E-state index in [1.54, 1.807) is 18.3 Å². The summed E-state index contributed by atoms with van der Waals surface area (Å²) < 4.78 is 26.7. The van der Waals surface area contributed by atoms with Gasteiger partial charge in [0.2, 0.25) is 10.0 Å². The molecular formula is C12H15N3O3S. The van der Waals surface area contributed by atoms with Gasteiger partial charge in [0.15, 0.2) is 0 Å². The number of aromatic nitrogens is 2. The van der Waals surface area contributed by atoms with Gasteiger partial charge in [-0.1, -0.05) is 0 Å². The highest BCUT2D eigenvalue weighted by Crippen LogP contribution is 2.29. The molecule has 0 radical (unpaired) electrons. The average Bonchev–Trinajstić information content (AvgIpc) is 3.05. The number of aliphatic hydroxyl groups is 1. The number of hydrogen-bond acceptors (Lipinski definition) is 4. The maximum Gasteiger partial charge on any atom is 0.245 e. The summed E-state index contributed by atoms with van der Waals surface area (Å²) in [4.78, 5) is 7.20. The van der Waals surface area contributed by atoms with Gasteiger partial charge in [-0.25, -0.2) is 13.4 Å². The lowest BCUT2D eigenvalue weighted by molar-refractivity contribution is 0.213. The fraction of sp³-hybridized carbons (Fsp3) is 0.417. The van der Waals surface area contributed by atoms with Gasteiger partial charge < -0.3 is 10.1 Å². The molecule has 0 amide bonds. The number of aromatic amines is 1. The summed E-state index contributed by atoms with van der Waals surface area (Å²) in [6, 6.07) is 3.13. The number of rotatable bonds is 3. The zero-order valence-corrected chi connectivity index (χ0v) is 11.1. The zero-order valence-electron chi connectivity index (χ0n) is 10.3. The molecule has 1 aliphatic rings. The van der Waals surface area contributed by atoms with Crippen LogP contribution in [0.4, 0.5) is 0 Å². The predicted molar refractivity (Wildman–Crippen MR) is 70.1 cm³/mol. The molecule has 19 heavy (non-hydrogen) atoms. The average molecular weight is 281 g/mol. The van der Waals surface area contributed by atoms with Crippen LogP contribution in [-0.4, -0.2) is 47.0 Å². The summed E-state index contributed by atoms with van der Waals surface area (Å²) >= 11 is 0. The summed E-state index contributed by atoms with van der Waals surface area (Å²) in [7, 11) is -3.58. The van der Waals surface area contributed by atoms with Crippen LogP contribution in [0.2, 0.25) is 0 Å². The largest absolute Gasteiger partial charge is 0.395 e. The number of hydrogen-bond donors (Lipinski definition) is 2. The van der Waals surface area contributed by atoms with Gasteiger partial charge >= 0.3 is 0 Å². The third-order valence-corrected chi connectivity index (χ3v) is 5.53. The monoisotopic (exact) mass is 281 g/mol. The molecule has 0 saturated carbocycles. The van der Waals surface area contributed by atoms with Crippen molar-refractivity contribution in [1.82, 2.24) is 14.3 Å². The molecule has 0 spiro atoms. The fourth-order valence-corrected chi connectivity index (χ4v) is 4.42. The lowest BCUT2D eigenvalue weighted by Gasteiger charge is -2.21. The van der Waals surface area contributed by atoms with E-state index in [0.717, 1.165) is 6.42 Å². The minimum atomic E-state index is -3.58. The topological polar surface area (TPSA) is 86.3 Å². The van der Waals surface area contributed by atoms with Crippen LogP contribution in [0.15, 0.2) is 29.4 Å². The fourth-order valence-electron chi connectivity index (χ4n) is 2.58. The Morgan fingerprint density at radius 3 is 3.16 bits per heavy atom. The van der Waals surface area contributed by atoms with E-state index in [4.69, 9.17) is 0 Å². The first-order valence-corrected chi connectivity index (χ1v) is 7.63. The van der Waals surface area contributed by atoms with Crippen molar-refractivity contribution in [2.24, 2.45) is 0 Å². The Morgan fingerprint density at radius 1 is 1.53 bits per heavy atom. The first-order chi connectivity index (χ1) is 9.14. The second-order valence-electron chi connectivity index (χ2n) is 4.65. The molecule has 102 valence electrons. The van der Waals surface area contributed by atoms with Crippen molar-refractivity contribution in [3.8, 4) is 0 Å². The van der Waals surface area contributed by atoms with Gasteiger partial charge in [-0.05, 0) is 25.0 Å². The number of fused-ring (bicyclic) bond motifs is 1. The molecule has 0 unspecified atom stereocenters. The van der Waals surface area contributed by atoms with Gasteiger partial charge in [-0.3, -0.25) is 0 Å². The molecule has 3 rings (SSSR count). The molecular weight excluding hydrogens is 266 g/mol. The van der Waals surface area contributed by atoms with Crippen molar-refractivity contribution in [2.75, 3.05) is 13.2 Å². The van der Waals surface area contributed by atoms with Crippen LogP contribution >= 0.6 is 0 Å². The number of H-pyrrole nitrogens is 1. The van der Waals surface area contributed by atoms with E-state index in [0.29, 0.717) is 24.0 Å². The number of nitrogens with zero attached hydrogens (tertiary/aromatic N) is 2. The standard InChI is InChI=1S/C12H15N3O3S/c16-8-9-3-2-6-15(9)19(17,18)11-7-14-12-10(11)4-1-5-13-12/h1,4-5,7,9,16H,2-3,6,8H2,(H,13,14)/t9-/m0/s1. The lowest BCUT2D eigenvalue weighted by atomic mass is 10.2. The van der Waals surface area contributed by atoms with Gasteiger partial charge in [0, 0.05) is 30.4 Å². The van der Waals surface area contributed by atoms with Crippen molar-refractivity contribution >= 4 is 21.1 Å². The van der Waals surface area contributed by atoms with E-state index in [9.17, 15) is 13.5 Å². The minimum absolute atomic E-state index is 0.139. The van der Waals surface area contributed by atoms with E-state index in [-0.39, 0.29) is 17.5 Å². The first-order valence-electron chi connectivity index (χ1n) is 6.19. The summed E-state index contributed by atoms with van der Waals surface area (Å²) in [6.45, 7) is 0.320. The van der Waals surface area contributed by atoms with Gasteiger partial charge in [-0.2, -0.15) is 4.31 Å². The first kappa shape index (κ1) is 12.6. The molecule has 1 atom stereocenters. The Kier molecular flexibility index (Phi) is 3.04. The smallest absolute Gasteiger partial charge is 0.245 e. The highest BCUT2D eigenvalue weighted by atomic mass is 32.2. The highest BCUT2D eigenvalue weighted by Gasteiger charge is 2.36. The quantitative estimate of drug-likeness (QED) is 0.867. The molecule has 2 N–H and O–H groups in total. The number of pyridine rings is 1. The Labute approximate surface area is 111 Å².